The first-order valence-corrected chi connectivity index (χ1v) is 5.43. The summed E-state index contributed by atoms with van der Waals surface area (Å²) in [4.78, 5) is 11.5. The van der Waals surface area contributed by atoms with Crippen LogP contribution in [0, 0.1) is 11.8 Å². The summed E-state index contributed by atoms with van der Waals surface area (Å²) in [5.74, 6) is 0.405. The molecule has 0 bridgehead atoms. The van der Waals surface area contributed by atoms with Crippen molar-refractivity contribution in [1.29, 1.82) is 0 Å². The minimum absolute atomic E-state index is 0.0542. The van der Waals surface area contributed by atoms with Crippen LogP contribution in [0.4, 0.5) is 0 Å². The lowest BCUT2D eigenvalue weighted by Gasteiger charge is -2.16. The molecule has 2 rings (SSSR count). The van der Waals surface area contributed by atoms with Crippen molar-refractivity contribution >= 4 is 5.91 Å². The van der Waals surface area contributed by atoms with E-state index in [1.54, 1.807) is 0 Å². The second-order valence-electron chi connectivity index (χ2n) is 4.08. The van der Waals surface area contributed by atoms with E-state index in [1.807, 2.05) is 0 Å². The first-order chi connectivity index (χ1) is 7.81. The molecule has 0 aliphatic heterocycles. The number of hydrogen-bond donors (Lipinski definition) is 3. The normalized spacial score (nSPS) is 24.6. The van der Waals surface area contributed by atoms with E-state index in [1.165, 1.54) is 0 Å². The van der Waals surface area contributed by atoms with Crippen molar-refractivity contribution in [3.8, 4) is 0 Å². The molecule has 1 fully saturated rings. The maximum Gasteiger partial charge on any atom is 0.292 e. The Labute approximate surface area is 92.6 Å². The summed E-state index contributed by atoms with van der Waals surface area (Å²) in [7, 11) is 0. The standard InChI is InChI=1S/C9H15N5O2/c15-5-7-3-1-2-6(7)4-10-9(16)8-11-13-14-12-8/h6-7,15H,1-5H2,(H,10,16)(H,11,12,13,14). The van der Waals surface area contributed by atoms with E-state index >= 15 is 0 Å². The smallest absolute Gasteiger partial charge is 0.292 e. The molecule has 1 aliphatic carbocycles. The van der Waals surface area contributed by atoms with Crippen LogP contribution in [0.25, 0.3) is 0 Å². The molecule has 0 radical (unpaired) electrons. The van der Waals surface area contributed by atoms with Gasteiger partial charge in [0, 0.05) is 13.2 Å². The summed E-state index contributed by atoms with van der Waals surface area (Å²) >= 11 is 0. The van der Waals surface area contributed by atoms with Crippen LogP contribution in [0.3, 0.4) is 0 Å². The minimum atomic E-state index is -0.322. The maximum atomic E-state index is 11.5. The van der Waals surface area contributed by atoms with Gasteiger partial charge in [0.15, 0.2) is 0 Å². The molecular formula is C9H15N5O2. The summed E-state index contributed by atoms with van der Waals surface area (Å²) in [6.45, 7) is 0.765. The zero-order valence-corrected chi connectivity index (χ0v) is 8.89. The number of hydrogen-bond acceptors (Lipinski definition) is 5. The van der Waals surface area contributed by atoms with Gasteiger partial charge in [-0.3, -0.25) is 4.79 Å². The highest BCUT2D eigenvalue weighted by molar-refractivity contribution is 5.89. The lowest BCUT2D eigenvalue weighted by atomic mass is 9.97. The first kappa shape index (κ1) is 11.0. The number of carbonyl (C=O) groups excluding carboxylic acids is 1. The van der Waals surface area contributed by atoms with Gasteiger partial charge < -0.3 is 10.4 Å². The van der Waals surface area contributed by atoms with Crippen molar-refractivity contribution in [3.63, 3.8) is 0 Å². The zero-order chi connectivity index (χ0) is 11.4. The Kier molecular flexibility index (Phi) is 3.45. The van der Waals surface area contributed by atoms with Gasteiger partial charge in [-0.05, 0) is 29.9 Å². The lowest BCUT2D eigenvalue weighted by Crippen LogP contribution is -2.32. The summed E-state index contributed by atoms with van der Waals surface area (Å²) in [5.41, 5.74) is 0. The van der Waals surface area contributed by atoms with Gasteiger partial charge in [-0.25, -0.2) is 0 Å². The fraction of sp³-hybridized carbons (Fsp3) is 0.778. The van der Waals surface area contributed by atoms with Gasteiger partial charge in [0.25, 0.3) is 11.7 Å². The molecular weight excluding hydrogens is 210 g/mol. The highest BCUT2D eigenvalue weighted by atomic mass is 16.3. The van der Waals surface area contributed by atoms with Crippen LogP contribution >= 0.6 is 0 Å². The van der Waals surface area contributed by atoms with Crippen molar-refractivity contribution < 1.29 is 9.90 Å². The molecule has 3 N–H and O–H groups in total. The summed E-state index contributed by atoms with van der Waals surface area (Å²) < 4.78 is 0. The van der Waals surface area contributed by atoms with Gasteiger partial charge in [-0.15, -0.1) is 10.2 Å². The molecule has 88 valence electrons. The van der Waals surface area contributed by atoms with Crippen molar-refractivity contribution in [3.05, 3.63) is 5.82 Å². The average molecular weight is 225 g/mol. The van der Waals surface area contributed by atoms with Gasteiger partial charge in [0.2, 0.25) is 0 Å². The lowest BCUT2D eigenvalue weighted by molar-refractivity contribution is 0.0927. The first-order valence-electron chi connectivity index (χ1n) is 5.43. The Bertz CT molecular complexity index is 340. The van der Waals surface area contributed by atoms with Gasteiger partial charge in [0.1, 0.15) is 0 Å². The molecule has 7 nitrogen and oxygen atoms in total. The van der Waals surface area contributed by atoms with Crippen LogP contribution in [0.2, 0.25) is 0 Å². The number of aliphatic hydroxyl groups excluding tert-OH is 1. The molecule has 16 heavy (non-hydrogen) atoms. The van der Waals surface area contributed by atoms with Gasteiger partial charge in [-0.2, -0.15) is 5.21 Å². The Morgan fingerprint density at radius 3 is 3.00 bits per heavy atom. The molecule has 7 heteroatoms. The van der Waals surface area contributed by atoms with E-state index in [2.05, 4.69) is 25.9 Å². The van der Waals surface area contributed by atoms with Gasteiger partial charge >= 0.3 is 0 Å². The molecule has 0 aromatic carbocycles. The number of amides is 1. The highest BCUT2D eigenvalue weighted by Gasteiger charge is 2.27. The summed E-state index contributed by atoms with van der Waals surface area (Å²) in [5, 5.41) is 24.6. The van der Waals surface area contributed by atoms with Gasteiger partial charge in [-0.1, -0.05) is 6.42 Å². The van der Waals surface area contributed by atoms with E-state index in [9.17, 15) is 4.79 Å². The number of nitrogens with zero attached hydrogens (tertiary/aromatic N) is 3. The average Bonchev–Trinajstić information content (AvgIpc) is 2.96. The predicted molar refractivity (Wildman–Crippen MR) is 54.4 cm³/mol. The van der Waals surface area contributed by atoms with Crippen molar-refractivity contribution in [2.75, 3.05) is 13.2 Å². The number of carbonyl (C=O) groups is 1. The molecule has 0 spiro atoms. The van der Waals surface area contributed by atoms with Gasteiger partial charge in [0.05, 0.1) is 0 Å². The van der Waals surface area contributed by atoms with Crippen LogP contribution in [0.5, 0.6) is 0 Å². The molecule has 0 saturated heterocycles. The molecule has 1 aromatic heterocycles. The van der Waals surface area contributed by atoms with Crippen molar-refractivity contribution in [2.24, 2.45) is 11.8 Å². The number of aromatic amines is 1. The molecule has 1 heterocycles. The number of aromatic nitrogens is 4. The SMILES string of the molecule is O=C(NCC1CCCC1CO)c1nn[nH]n1. The number of aliphatic hydroxyl groups is 1. The van der Waals surface area contributed by atoms with Crippen molar-refractivity contribution in [2.45, 2.75) is 19.3 Å². The number of H-pyrrole nitrogens is 1. The number of rotatable bonds is 4. The monoisotopic (exact) mass is 225 g/mol. The molecule has 2 unspecified atom stereocenters. The van der Waals surface area contributed by atoms with Crippen LogP contribution < -0.4 is 5.32 Å². The third-order valence-corrected chi connectivity index (χ3v) is 3.12. The molecule has 1 aromatic rings. The second kappa shape index (κ2) is 5.02. The third kappa shape index (κ3) is 2.35. The molecule has 1 amide bonds. The third-order valence-electron chi connectivity index (χ3n) is 3.12. The fourth-order valence-corrected chi connectivity index (χ4v) is 2.18. The second-order valence-corrected chi connectivity index (χ2v) is 4.08. The van der Waals surface area contributed by atoms with E-state index in [-0.39, 0.29) is 18.3 Å². The topological polar surface area (TPSA) is 104 Å². The van der Waals surface area contributed by atoms with E-state index < -0.39 is 0 Å². The fourth-order valence-electron chi connectivity index (χ4n) is 2.18. The minimum Gasteiger partial charge on any atom is -0.396 e. The predicted octanol–water partition coefficient (Wildman–Crippen LogP) is -0.662. The van der Waals surface area contributed by atoms with E-state index in [4.69, 9.17) is 5.11 Å². The Balaban J connectivity index is 1.81. The molecule has 1 aliphatic rings. The Morgan fingerprint density at radius 2 is 2.31 bits per heavy atom. The van der Waals surface area contributed by atoms with Crippen LogP contribution in [-0.4, -0.2) is 44.8 Å². The molecule has 1 saturated carbocycles. The summed E-state index contributed by atoms with van der Waals surface area (Å²) in [6, 6.07) is 0. The molecule has 2 atom stereocenters. The number of nitrogens with one attached hydrogen (secondary N) is 2. The van der Waals surface area contributed by atoms with Crippen molar-refractivity contribution in [1.82, 2.24) is 25.9 Å². The highest BCUT2D eigenvalue weighted by Crippen LogP contribution is 2.30. The summed E-state index contributed by atoms with van der Waals surface area (Å²) in [6.07, 6.45) is 3.21. The number of tetrazole rings is 1. The largest absolute Gasteiger partial charge is 0.396 e. The quantitative estimate of drug-likeness (QED) is 0.631. The van der Waals surface area contributed by atoms with Crippen LogP contribution in [0.1, 0.15) is 29.9 Å². The van der Waals surface area contributed by atoms with Crippen LogP contribution in [0.15, 0.2) is 0 Å². The van der Waals surface area contributed by atoms with E-state index in [0.29, 0.717) is 18.4 Å². The Hall–Kier alpha value is -1.50. The maximum absolute atomic E-state index is 11.5. The van der Waals surface area contributed by atoms with E-state index in [0.717, 1.165) is 19.3 Å². The zero-order valence-electron chi connectivity index (χ0n) is 8.89. The van der Waals surface area contributed by atoms with Crippen LogP contribution in [-0.2, 0) is 0 Å². The Morgan fingerprint density at radius 1 is 1.50 bits per heavy atom.